The topological polar surface area (TPSA) is 41.5 Å². The molecule has 1 aromatic carbocycles. The summed E-state index contributed by atoms with van der Waals surface area (Å²) < 4.78 is 5.71. The van der Waals surface area contributed by atoms with Gasteiger partial charge in [0.05, 0.1) is 13.2 Å². The number of benzene rings is 1. The van der Waals surface area contributed by atoms with E-state index in [2.05, 4.69) is 18.3 Å². The first-order valence-electron chi connectivity index (χ1n) is 5.90. The summed E-state index contributed by atoms with van der Waals surface area (Å²) in [6.45, 7) is 4.58. The van der Waals surface area contributed by atoms with Crippen LogP contribution in [0.3, 0.4) is 0 Å². The van der Waals surface area contributed by atoms with Crippen LogP contribution in [0.5, 0.6) is 5.75 Å². The van der Waals surface area contributed by atoms with Crippen LogP contribution in [0, 0.1) is 0 Å². The summed E-state index contributed by atoms with van der Waals surface area (Å²) in [5.74, 6) is 0.993. The van der Waals surface area contributed by atoms with Gasteiger partial charge in [0.25, 0.3) is 0 Å². The Balaban J connectivity index is 2.21. The first-order chi connectivity index (χ1) is 7.88. The van der Waals surface area contributed by atoms with Gasteiger partial charge in [0.15, 0.2) is 0 Å². The standard InChI is InChI=1S/C13H21NO2/c1-2-12-6-3-4-7-13(12)16-11-5-8-14-9-10-15/h3-4,6-7,14-15H,2,5,8-11H2,1H3. The van der Waals surface area contributed by atoms with Crippen molar-refractivity contribution < 1.29 is 9.84 Å². The molecule has 3 heteroatoms. The summed E-state index contributed by atoms with van der Waals surface area (Å²) in [7, 11) is 0. The highest BCUT2D eigenvalue weighted by Gasteiger charge is 1.99. The predicted octanol–water partition coefficient (Wildman–Crippen LogP) is 1.60. The zero-order valence-electron chi connectivity index (χ0n) is 9.91. The van der Waals surface area contributed by atoms with E-state index in [4.69, 9.17) is 9.84 Å². The van der Waals surface area contributed by atoms with Gasteiger partial charge >= 0.3 is 0 Å². The molecule has 2 N–H and O–H groups in total. The Labute approximate surface area is 97.4 Å². The Kier molecular flexibility index (Phi) is 6.61. The van der Waals surface area contributed by atoms with E-state index in [9.17, 15) is 0 Å². The van der Waals surface area contributed by atoms with Crippen LogP contribution in [0.1, 0.15) is 18.9 Å². The van der Waals surface area contributed by atoms with Crippen molar-refractivity contribution in [1.82, 2.24) is 5.32 Å². The van der Waals surface area contributed by atoms with E-state index < -0.39 is 0 Å². The number of rotatable bonds is 8. The highest BCUT2D eigenvalue weighted by Crippen LogP contribution is 2.18. The van der Waals surface area contributed by atoms with Crippen molar-refractivity contribution in [3.8, 4) is 5.75 Å². The molecule has 0 saturated carbocycles. The molecule has 0 radical (unpaired) electrons. The number of hydrogen-bond acceptors (Lipinski definition) is 3. The SMILES string of the molecule is CCc1ccccc1OCCCNCCO. The zero-order chi connectivity index (χ0) is 11.6. The monoisotopic (exact) mass is 223 g/mol. The van der Waals surface area contributed by atoms with Crippen LogP contribution in [-0.2, 0) is 6.42 Å². The summed E-state index contributed by atoms with van der Waals surface area (Å²) in [6.07, 6.45) is 1.96. The van der Waals surface area contributed by atoms with Gasteiger partial charge in [0, 0.05) is 6.54 Å². The molecule has 0 aliphatic heterocycles. The van der Waals surface area contributed by atoms with Crippen molar-refractivity contribution in [2.45, 2.75) is 19.8 Å². The lowest BCUT2D eigenvalue weighted by Gasteiger charge is -2.10. The molecule has 0 unspecified atom stereocenters. The van der Waals surface area contributed by atoms with E-state index >= 15 is 0 Å². The minimum Gasteiger partial charge on any atom is -0.493 e. The highest BCUT2D eigenvalue weighted by molar-refractivity contribution is 5.33. The summed E-state index contributed by atoms with van der Waals surface area (Å²) in [5.41, 5.74) is 1.26. The molecule has 0 fully saturated rings. The summed E-state index contributed by atoms with van der Waals surface area (Å²) >= 11 is 0. The van der Waals surface area contributed by atoms with Gasteiger partial charge < -0.3 is 15.2 Å². The molecule has 0 aliphatic carbocycles. The van der Waals surface area contributed by atoms with Gasteiger partial charge in [0.1, 0.15) is 5.75 Å². The van der Waals surface area contributed by atoms with Gasteiger partial charge in [-0.2, -0.15) is 0 Å². The van der Waals surface area contributed by atoms with Gasteiger partial charge in [-0.05, 0) is 31.0 Å². The molecule has 0 aromatic heterocycles. The molecular formula is C13H21NO2. The number of hydrogen-bond donors (Lipinski definition) is 2. The van der Waals surface area contributed by atoms with Crippen molar-refractivity contribution in [3.63, 3.8) is 0 Å². The third kappa shape index (κ3) is 4.64. The molecule has 0 bridgehead atoms. The Bertz CT molecular complexity index is 289. The third-order valence-electron chi connectivity index (χ3n) is 2.40. The third-order valence-corrected chi connectivity index (χ3v) is 2.40. The van der Waals surface area contributed by atoms with E-state index in [0.717, 1.165) is 31.7 Å². The van der Waals surface area contributed by atoms with Crippen LogP contribution in [-0.4, -0.2) is 31.4 Å². The quantitative estimate of drug-likeness (QED) is 0.658. The van der Waals surface area contributed by atoms with Crippen LogP contribution in [0.25, 0.3) is 0 Å². The van der Waals surface area contributed by atoms with Crippen molar-refractivity contribution in [3.05, 3.63) is 29.8 Å². The van der Waals surface area contributed by atoms with Crippen LogP contribution in [0.4, 0.5) is 0 Å². The van der Waals surface area contributed by atoms with Crippen molar-refractivity contribution in [1.29, 1.82) is 0 Å². The van der Waals surface area contributed by atoms with E-state index in [1.165, 1.54) is 5.56 Å². The van der Waals surface area contributed by atoms with Gasteiger partial charge in [-0.1, -0.05) is 25.1 Å². The van der Waals surface area contributed by atoms with Crippen LogP contribution in [0.15, 0.2) is 24.3 Å². The smallest absolute Gasteiger partial charge is 0.122 e. The fourth-order valence-electron chi connectivity index (χ4n) is 1.52. The Morgan fingerprint density at radius 2 is 2.06 bits per heavy atom. The van der Waals surface area contributed by atoms with Crippen molar-refractivity contribution >= 4 is 0 Å². The molecule has 3 nitrogen and oxygen atoms in total. The van der Waals surface area contributed by atoms with Gasteiger partial charge in [-0.3, -0.25) is 0 Å². The number of aryl methyl sites for hydroxylation is 1. The van der Waals surface area contributed by atoms with Crippen LogP contribution in [0.2, 0.25) is 0 Å². The lowest BCUT2D eigenvalue weighted by molar-refractivity contribution is 0.281. The molecule has 90 valence electrons. The van der Waals surface area contributed by atoms with E-state index in [1.807, 2.05) is 18.2 Å². The van der Waals surface area contributed by atoms with E-state index in [0.29, 0.717) is 6.54 Å². The fraction of sp³-hybridized carbons (Fsp3) is 0.538. The average Bonchev–Trinajstić information content (AvgIpc) is 2.34. The van der Waals surface area contributed by atoms with Crippen LogP contribution >= 0.6 is 0 Å². The predicted molar refractivity (Wildman–Crippen MR) is 65.9 cm³/mol. The molecular weight excluding hydrogens is 202 g/mol. The fourth-order valence-corrected chi connectivity index (χ4v) is 1.52. The number of aliphatic hydroxyl groups is 1. The minimum atomic E-state index is 0.194. The Hall–Kier alpha value is -1.06. The van der Waals surface area contributed by atoms with Crippen molar-refractivity contribution in [2.24, 2.45) is 0 Å². The Morgan fingerprint density at radius 3 is 2.81 bits per heavy atom. The Morgan fingerprint density at radius 1 is 1.25 bits per heavy atom. The van der Waals surface area contributed by atoms with E-state index in [-0.39, 0.29) is 6.61 Å². The van der Waals surface area contributed by atoms with Gasteiger partial charge in [-0.25, -0.2) is 0 Å². The average molecular weight is 223 g/mol. The minimum absolute atomic E-state index is 0.194. The lowest BCUT2D eigenvalue weighted by atomic mass is 10.1. The first-order valence-corrected chi connectivity index (χ1v) is 5.90. The second-order valence-corrected chi connectivity index (χ2v) is 3.64. The van der Waals surface area contributed by atoms with Gasteiger partial charge in [0.2, 0.25) is 0 Å². The summed E-state index contributed by atoms with van der Waals surface area (Å²) in [6, 6.07) is 8.15. The molecule has 0 spiro atoms. The van der Waals surface area contributed by atoms with Crippen molar-refractivity contribution in [2.75, 3.05) is 26.3 Å². The largest absolute Gasteiger partial charge is 0.493 e. The normalized spacial score (nSPS) is 10.4. The van der Waals surface area contributed by atoms with Crippen LogP contribution < -0.4 is 10.1 Å². The molecule has 1 rings (SSSR count). The second-order valence-electron chi connectivity index (χ2n) is 3.64. The number of para-hydroxylation sites is 1. The number of ether oxygens (including phenoxy) is 1. The summed E-state index contributed by atoms with van der Waals surface area (Å²) in [5, 5.41) is 11.7. The maximum Gasteiger partial charge on any atom is 0.122 e. The maximum absolute atomic E-state index is 8.58. The maximum atomic E-state index is 8.58. The van der Waals surface area contributed by atoms with Gasteiger partial charge in [-0.15, -0.1) is 0 Å². The first kappa shape index (κ1) is 13.0. The molecule has 16 heavy (non-hydrogen) atoms. The molecule has 0 amide bonds. The molecule has 0 heterocycles. The number of aliphatic hydroxyl groups excluding tert-OH is 1. The molecule has 1 aromatic rings. The second kappa shape index (κ2) is 8.13. The molecule has 0 saturated heterocycles. The number of nitrogens with one attached hydrogen (secondary N) is 1. The lowest BCUT2D eigenvalue weighted by Crippen LogP contribution is -2.20. The highest BCUT2D eigenvalue weighted by atomic mass is 16.5. The van der Waals surface area contributed by atoms with E-state index in [1.54, 1.807) is 0 Å². The zero-order valence-corrected chi connectivity index (χ0v) is 9.91. The molecule has 0 atom stereocenters. The molecule has 0 aliphatic rings. The summed E-state index contributed by atoms with van der Waals surface area (Å²) in [4.78, 5) is 0.